The lowest BCUT2D eigenvalue weighted by atomic mass is 10.00. The maximum atomic E-state index is 3.41. The first-order chi connectivity index (χ1) is 19.3. The van der Waals surface area contributed by atoms with Crippen LogP contribution < -0.4 is 0 Å². The summed E-state index contributed by atoms with van der Waals surface area (Å²) in [6.07, 6.45) is 2.27. The van der Waals surface area contributed by atoms with E-state index in [9.17, 15) is 0 Å². The molecule has 0 spiro atoms. The number of aryl methyl sites for hydroxylation is 2. The third kappa shape index (κ3) is 5.52. The molecule has 0 saturated carbocycles. The van der Waals surface area contributed by atoms with Crippen LogP contribution in [0.25, 0.3) is 6.08 Å². The summed E-state index contributed by atoms with van der Waals surface area (Å²) >= 11 is 0. The molecule has 3 aromatic carbocycles. The van der Waals surface area contributed by atoms with Crippen molar-refractivity contribution in [1.29, 1.82) is 0 Å². The highest BCUT2D eigenvalue weighted by Crippen LogP contribution is 2.33. The van der Waals surface area contributed by atoms with Crippen molar-refractivity contribution in [1.82, 2.24) is 4.48 Å². The third-order valence-corrected chi connectivity index (χ3v) is 7.37. The molecule has 0 bridgehead atoms. The quantitative estimate of drug-likeness (QED) is 0.170. The van der Waals surface area contributed by atoms with Crippen molar-refractivity contribution in [2.45, 2.75) is 41.5 Å². The van der Waals surface area contributed by atoms with E-state index in [0.717, 1.165) is 33.7 Å². The lowest BCUT2D eigenvalue weighted by Crippen LogP contribution is -2.30. The summed E-state index contributed by atoms with van der Waals surface area (Å²) in [5.74, 6) is 13.5. The van der Waals surface area contributed by atoms with E-state index in [1.54, 1.807) is 0 Å². The van der Waals surface area contributed by atoms with Gasteiger partial charge in [0.15, 0.2) is 11.4 Å². The molecule has 40 heavy (non-hydrogen) atoms. The summed E-state index contributed by atoms with van der Waals surface area (Å²) in [4.78, 5) is 0. The molecule has 3 heterocycles. The fraction of sp³-hybridized carbons (Fsp3) is 0.162. The summed E-state index contributed by atoms with van der Waals surface area (Å²) in [6.45, 7) is 12.8. The van der Waals surface area contributed by atoms with Gasteiger partial charge in [-0.05, 0) is 64.4 Å². The Hall–Kier alpha value is -4.73. The van der Waals surface area contributed by atoms with Crippen molar-refractivity contribution >= 4 is 19.3 Å². The highest BCUT2D eigenvalue weighted by atomic mass is 15.1. The van der Waals surface area contributed by atoms with Gasteiger partial charge in [-0.1, -0.05) is 95.5 Å². The first-order valence-electron chi connectivity index (χ1n) is 13.6. The molecule has 193 valence electrons. The van der Waals surface area contributed by atoms with Gasteiger partial charge < -0.3 is 4.48 Å². The predicted molar refractivity (Wildman–Crippen MR) is 168 cm³/mol. The molecule has 2 aliphatic heterocycles. The standard InChI is InChI=1S/C29H23BN2.C8H10/c1-20-26(17-15-24-11-7-5-8-12-24)22(3)31-28(20)19-29-21(2)27(23(4)32(29)30-31)18-16-25-13-9-6-10-14-25;1-7-4-3-5-8(2)6-7/h5-14,19H,1-4H3;3-6H,1-2H3/q+1;. The average Bonchev–Trinajstić information content (AvgIpc) is 3.34. The monoisotopic (exact) mass is 516 g/mol. The number of benzene rings is 3. The number of hydrogen-bond donors (Lipinski definition) is 0. The second-order valence-electron chi connectivity index (χ2n) is 10.3. The van der Waals surface area contributed by atoms with Crippen molar-refractivity contribution in [3.05, 3.63) is 147 Å². The Morgan fingerprint density at radius 1 is 0.650 bits per heavy atom. The van der Waals surface area contributed by atoms with Crippen LogP contribution in [-0.4, -0.2) is 22.2 Å². The first-order valence-corrected chi connectivity index (χ1v) is 13.6. The molecular formula is C37H33BN2+. The number of rotatable bonds is 0. The molecule has 3 heteroatoms. The Labute approximate surface area is 239 Å². The van der Waals surface area contributed by atoms with Gasteiger partial charge in [-0.2, -0.15) is 0 Å². The maximum Gasteiger partial charge on any atom is 0.700 e. The van der Waals surface area contributed by atoms with E-state index in [1.165, 1.54) is 33.7 Å². The SMILES string of the molecule is CC1=C(C#Cc2ccccc2)C(C)=[N+]2[B]n3c(C)c(C#Cc4ccccc4)c(C)c3C=C12.Cc1cccc(C)c1. The Balaban J connectivity index is 0.000000348. The molecule has 0 N–H and O–H groups in total. The molecule has 6 rings (SSSR count). The van der Waals surface area contributed by atoms with Gasteiger partial charge >= 0.3 is 7.55 Å². The van der Waals surface area contributed by atoms with Crippen molar-refractivity contribution in [3.63, 3.8) is 0 Å². The molecular weight excluding hydrogens is 483 g/mol. The van der Waals surface area contributed by atoms with E-state index in [-0.39, 0.29) is 0 Å². The molecule has 0 amide bonds. The number of nitrogens with zero attached hydrogens (tertiary/aromatic N) is 2. The summed E-state index contributed by atoms with van der Waals surface area (Å²) in [6, 6.07) is 28.7. The average molecular weight is 516 g/mol. The normalized spacial score (nSPS) is 13.0. The Morgan fingerprint density at radius 2 is 1.23 bits per heavy atom. The minimum absolute atomic E-state index is 1.03. The topological polar surface area (TPSA) is 7.94 Å². The van der Waals surface area contributed by atoms with Crippen LogP contribution in [0.3, 0.4) is 0 Å². The minimum Gasteiger partial charge on any atom is -0.321 e. The summed E-state index contributed by atoms with van der Waals surface area (Å²) < 4.78 is 4.50. The van der Waals surface area contributed by atoms with Crippen LogP contribution in [-0.2, 0) is 0 Å². The fourth-order valence-corrected chi connectivity index (χ4v) is 5.15. The van der Waals surface area contributed by atoms with Gasteiger partial charge in [0.2, 0.25) is 0 Å². The lowest BCUT2D eigenvalue weighted by molar-refractivity contribution is -0.314. The van der Waals surface area contributed by atoms with E-state index >= 15 is 0 Å². The maximum absolute atomic E-state index is 3.41. The molecule has 0 fully saturated rings. The highest BCUT2D eigenvalue weighted by Gasteiger charge is 2.39. The van der Waals surface area contributed by atoms with Gasteiger partial charge in [-0.15, -0.1) is 0 Å². The first kappa shape index (κ1) is 26.9. The molecule has 0 unspecified atom stereocenters. The van der Waals surface area contributed by atoms with Gasteiger partial charge in [-0.3, -0.25) is 4.49 Å². The number of allylic oxidation sites excluding steroid dienone is 2. The largest absolute Gasteiger partial charge is 0.700 e. The van der Waals surface area contributed by atoms with Gasteiger partial charge in [0.25, 0.3) is 0 Å². The van der Waals surface area contributed by atoms with Crippen LogP contribution in [0.5, 0.6) is 0 Å². The van der Waals surface area contributed by atoms with Crippen LogP contribution in [0.2, 0.25) is 0 Å². The molecule has 4 aromatic rings. The molecule has 1 aromatic heterocycles. The highest BCUT2D eigenvalue weighted by molar-refractivity contribution is 6.29. The Morgan fingerprint density at radius 3 is 1.77 bits per heavy atom. The summed E-state index contributed by atoms with van der Waals surface area (Å²) in [7, 11) is 2.18. The smallest absolute Gasteiger partial charge is 0.321 e. The molecule has 0 saturated heterocycles. The van der Waals surface area contributed by atoms with E-state index in [0.29, 0.717) is 0 Å². The minimum atomic E-state index is 1.03. The molecule has 1 radical (unpaired) electrons. The van der Waals surface area contributed by atoms with E-state index in [2.05, 4.69) is 112 Å². The van der Waals surface area contributed by atoms with Crippen LogP contribution in [0.1, 0.15) is 58.6 Å². The van der Waals surface area contributed by atoms with Crippen molar-refractivity contribution in [2.75, 3.05) is 0 Å². The predicted octanol–water partition coefficient (Wildman–Crippen LogP) is 7.40. The number of aromatic nitrogens is 1. The van der Waals surface area contributed by atoms with Crippen LogP contribution in [0, 0.1) is 51.4 Å². The lowest BCUT2D eigenvalue weighted by Gasteiger charge is -2.12. The summed E-state index contributed by atoms with van der Waals surface area (Å²) in [5.41, 5.74) is 14.1. The third-order valence-electron chi connectivity index (χ3n) is 7.37. The molecule has 2 nitrogen and oxygen atoms in total. The zero-order valence-corrected chi connectivity index (χ0v) is 24.1. The Bertz CT molecular complexity index is 1790. The molecule has 2 aliphatic rings. The van der Waals surface area contributed by atoms with Gasteiger partial charge in [0, 0.05) is 46.7 Å². The van der Waals surface area contributed by atoms with E-state index in [4.69, 9.17) is 0 Å². The van der Waals surface area contributed by atoms with E-state index < -0.39 is 0 Å². The fourth-order valence-electron chi connectivity index (χ4n) is 5.15. The zero-order valence-electron chi connectivity index (χ0n) is 24.1. The van der Waals surface area contributed by atoms with Gasteiger partial charge in [0.05, 0.1) is 5.57 Å². The Kier molecular flexibility index (Phi) is 7.77. The van der Waals surface area contributed by atoms with Crippen molar-refractivity contribution in [3.8, 4) is 23.7 Å². The van der Waals surface area contributed by atoms with Gasteiger partial charge in [-0.25, -0.2) is 0 Å². The van der Waals surface area contributed by atoms with Crippen LogP contribution >= 0.6 is 0 Å². The number of fused-ring (bicyclic) bond motifs is 2. The van der Waals surface area contributed by atoms with Crippen molar-refractivity contribution in [2.24, 2.45) is 0 Å². The van der Waals surface area contributed by atoms with Crippen LogP contribution in [0.15, 0.2) is 102 Å². The van der Waals surface area contributed by atoms with Crippen LogP contribution in [0.4, 0.5) is 0 Å². The number of hydrogen-bond acceptors (Lipinski definition) is 0. The molecule has 0 atom stereocenters. The second-order valence-corrected chi connectivity index (χ2v) is 10.3. The van der Waals surface area contributed by atoms with Crippen molar-refractivity contribution < 1.29 is 4.49 Å². The van der Waals surface area contributed by atoms with Gasteiger partial charge in [0.1, 0.15) is 0 Å². The molecule has 0 aliphatic carbocycles. The van der Waals surface area contributed by atoms with E-state index in [1.807, 2.05) is 60.7 Å². The second kappa shape index (κ2) is 11.6. The summed E-state index contributed by atoms with van der Waals surface area (Å²) in [5, 5.41) is 0. The zero-order chi connectivity index (χ0) is 28.2.